The van der Waals surface area contributed by atoms with E-state index in [0.717, 1.165) is 25.7 Å². The molecule has 28 heavy (non-hydrogen) atoms. The third-order valence-electron chi connectivity index (χ3n) is 4.93. The van der Waals surface area contributed by atoms with Crippen LogP contribution in [0.2, 0.25) is 0 Å². The Morgan fingerprint density at radius 2 is 2.00 bits per heavy atom. The fraction of sp³-hybridized carbons (Fsp3) is 0.333. The molecule has 1 aliphatic carbocycles. The molecule has 4 rings (SSSR count). The van der Waals surface area contributed by atoms with E-state index in [2.05, 4.69) is 20.5 Å². The second-order valence-electron chi connectivity index (χ2n) is 6.71. The second kappa shape index (κ2) is 7.59. The third kappa shape index (κ3) is 3.48. The zero-order valence-corrected chi connectivity index (χ0v) is 15.1. The molecular formula is C18H19N7O3. The minimum atomic E-state index is -0.542. The summed E-state index contributed by atoms with van der Waals surface area (Å²) in [5, 5.41) is 22.6. The number of nitrogens with zero attached hydrogens (tertiary/aromatic N) is 6. The number of carbonyl (C=O) groups is 1. The lowest BCUT2D eigenvalue weighted by Gasteiger charge is -2.23. The van der Waals surface area contributed by atoms with Crippen LogP contribution in [-0.2, 0) is 0 Å². The molecule has 0 atom stereocenters. The van der Waals surface area contributed by atoms with Gasteiger partial charge in [-0.2, -0.15) is 10.2 Å². The number of anilines is 1. The maximum absolute atomic E-state index is 12.7. The highest BCUT2D eigenvalue weighted by Crippen LogP contribution is 2.30. The van der Waals surface area contributed by atoms with Crippen LogP contribution in [0.15, 0.2) is 43.1 Å². The van der Waals surface area contributed by atoms with Crippen molar-refractivity contribution in [1.82, 2.24) is 24.5 Å². The molecule has 0 saturated heterocycles. The number of carbonyl (C=O) groups excluding carboxylic acids is 1. The van der Waals surface area contributed by atoms with Crippen LogP contribution in [0.25, 0.3) is 5.69 Å². The number of benzene rings is 1. The molecule has 10 nitrogen and oxygen atoms in total. The van der Waals surface area contributed by atoms with Crippen molar-refractivity contribution in [1.29, 1.82) is 0 Å². The molecule has 10 heteroatoms. The lowest BCUT2D eigenvalue weighted by molar-refractivity contribution is -0.384. The minimum absolute atomic E-state index is 0.187. The average molecular weight is 381 g/mol. The maximum Gasteiger partial charge on any atom is 0.295 e. The van der Waals surface area contributed by atoms with Gasteiger partial charge in [0.05, 0.1) is 17.2 Å². The van der Waals surface area contributed by atoms with E-state index in [1.165, 1.54) is 42.0 Å². The standard InChI is InChI=1S/C18H19N7O3/c26-18(22-17-8-9-20-24(17)14-4-2-1-3-5-14)13-6-7-15(16(10-13)25(27)28)23-12-19-11-21-23/h6-12,14H,1-5H2,(H,22,26). The predicted octanol–water partition coefficient (Wildman–Crippen LogP) is 3.13. The zero-order valence-electron chi connectivity index (χ0n) is 15.1. The number of aromatic nitrogens is 5. The van der Waals surface area contributed by atoms with Crippen LogP contribution in [0.1, 0.15) is 48.5 Å². The predicted molar refractivity (Wildman–Crippen MR) is 100 cm³/mol. The monoisotopic (exact) mass is 381 g/mol. The lowest BCUT2D eigenvalue weighted by atomic mass is 9.96. The number of hydrogen-bond donors (Lipinski definition) is 1. The third-order valence-corrected chi connectivity index (χ3v) is 4.93. The molecule has 1 amide bonds. The van der Waals surface area contributed by atoms with Gasteiger partial charge < -0.3 is 5.32 Å². The van der Waals surface area contributed by atoms with Crippen molar-refractivity contribution in [2.45, 2.75) is 38.1 Å². The molecule has 2 heterocycles. The van der Waals surface area contributed by atoms with E-state index in [-0.39, 0.29) is 23.0 Å². The van der Waals surface area contributed by atoms with Gasteiger partial charge in [0.25, 0.3) is 11.6 Å². The van der Waals surface area contributed by atoms with Crippen molar-refractivity contribution >= 4 is 17.4 Å². The van der Waals surface area contributed by atoms with E-state index in [1.54, 1.807) is 12.3 Å². The number of rotatable bonds is 5. The zero-order chi connectivity index (χ0) is 19.5. The highest BCUT2D eigenvalue weighted by molar-refractivity contribution is 6.04. The summed E-state index contributed by atoms with van der Waals surface area (Å²) in [5.41, 5.74) is 0.206. The summed E-state index contributed by atoms with van der Waals surface area (Å²) in [4.78, 5) is 27.4. The quantitative estimate of drug-likeness (QED) is 0.535. The molecule has 1 aliphatic rings. The first-order valence-electron chi connectivity index (χ1n) is 9.12. The highest BCUT2D eigenvalue weighted by atomic mass is 16.6. The Hall–Kier alpha value is -3.56. The Balaban J connectivity index is 1.58. The summed E-state index contributed by atoms with van der Waals surface area (Å²) in [6.07, 6.45) is 9.89. The topological polar surface area (TPSA) is 121 Å². The summed E-state index contributed by atoms with van der Waals surface area (Å²) in [6, 6.07) is 6.27. The minimum Gasteiger partial charge on any atom is -0.307 e. The van der Waals surface area contributed by atoms with Gasteiger partial charge in [0.2, 0.25) is 0 Å². The summed E-state index contributed by atoms with van der Waals surface area (Å²) in [7, 11) is 0. The smallest absolute Gasteiger partial charge is 0.295 e. The van der Waals surface area contributed by atoms with E-state index >= 15 is 0 Å². The van der Waals surface area contributed by atoms with Crippen LogP contribution in [0.3, 0.4) is 0 Å². The number of nitro benzene ring substituents is 1. The molecule has 3 aromatic rings. The SMILES string of the molecule is O=C(Nc1ccnn1C1CCCCC1)c1ccc(-n2cncn2)c([N+](=O)[O-])c1. The Bertz CT molecular complexity index is 991. The lowest BCUT2D eigenvalue weighted by Crippen LogP contribution is -2.20. The van der Waals surface area contributed by atoms with Gasteiger partial charge in [-0.25, -0.2) is 14.3 Å². The van der Waals surface area contributed by atoms with Crippen LogP contribution in [0.5, 0.6) is 0 Å². The van der Waals surface area contributed by atoms with Gasteiger partial charge in [-0.05, 0) is 25.0 Å². The Kier molecular flexibility index (Phi) is 4.83. The first-order valence-corrected chi connectivity index (χ1v) is 9.12. The Morgan fingerprint density at radius 1 is 1.18 bits per heavy atom. The molecule has 0 unspecified atom stereocenters. The van der Waals surface area contributed by atoms with E-state index < -0.39 is 10.8 Å². The largest absolute Gasteiger partial charge is 0.307 e. The summed E-state index contributed by atoms with van der Waals surface area (Å²) in [5.74, 6) is 0.172. The van der Waals surface area contributed by atoms with Crippen molar-refractivity contribution in [2.75, 3.05) is 5.32 Å². The second-order valence-corrected chi connectivity index (χ2v) is 6.71. The Morgan fingerprint density at radius 3 is 2.71 bits per heavy atom. The van der Waals surface area contributed by atoms with Crippen molar-refractivity contribution in [3.05, 3.63) is 58.8 Å². The molecular weight excluding hydrogens is 362 g/mol. The molecule has 1 saturated carbocycles. The highest BCUT2D eigenvalue weighted by Gasteiger charge is 2.22. The number of hydrogen-bond acceptors (Lipinski definition) is 6. The number of nitro groups is 1. The van der Waals surface area contributed by atoms with Gasteiger partial charge in [0, 0.05) is 17.7 Å². The van der Waals surface area contributed by atoms with Crippen LogP contribution in [0, 0.1) is 10.1 Å². The van der Waals surface area contributed by atoms with Gasteiger partial charge in [-0.1, -0.05) is 19.3 Å². The molecule has 1 aromatic carbocycles. The van der Waals surface area contributed by atoms with E-state index in [0.29, 0.717) is 5.82 Å². The van der Waals surface area contributed by atoms with Gasteiger partial charge >= 0.3 is 0 Å². The first-order chi connectivity index (χ1) is 13.6. The van der Waals surface area contributed by atoms with Gasteiger partial charge in [-0.3, -0.25) is 14.9 Å². The molecule has 2 aromatic heterocycles. The Labute approximate surface area is 160 Å². The van der Waals surface area contributed by atoms with Gasteiger partial charge in [0.1, 0.15) is 24.2 Å². The van der Waals surface area contributed by atoms with Crippen molar-refractivity contribution in [2.24, 2.45) is 0 Å². The fourth-order valence-electron chi connectivity index (χ4n) is 3.56. The first kappa shape index (κ1) is 17.8. The maximum atomic E-state index is 12.7. The number of amides is 1. The number of nitrogens with one attached hydrogen (secondary N) is 1. The van der Waals surface area contributed by atoms with Gasteiger partial charge in [-0.15, -0.1) is 0 Å². The fourth-order valence-corrected chi connectivity index (χ4v) is 3.56. The van der Waals surface area contributed by atoms with Crippen LogP contribution in [0.4, 0.5) is 11.5 Å². The van der Waals surface area contributed by atoms with Crippen LogP contribution in [-0.4, -0.2) is 35.4 Å². The average Bonchev–Trinajstić information content (AvgIpc) is 3.40. The van der Waals surface area contributed by atoms with E-state index in [1.807, 2.05) is 4.68 Å². The molecule has 0 bridgehead atoms. The molecule has 1 fully saturated rings. The molecule has 0 radical (unpaired) electrons. The van der Waals surface area contributed by atoms with Crippen molar-refractivity contribution in [3.8, 4) is 5.69 Å². The van der Waals surface area contributed by atoms with E-state index in [9.17, 15) is 14.9 Å². The summed E-state index contributed by atoms with van der Waals surface area (Å²) in [6.45, 7) is 0. The summed E-state index contributed by atoms with van der Waals surface area (Å²) >= 11 is 0. The normalized spacial score (nSPS) is 14.7. The van der Waals surface area contributed by atoms with Crippen LogP contribution < -0.4 is 5.32 Å². The summed E-state index contributed by atoms with van der Waals surface area (Å²) < 4.78 is 3.13. The van der Waals surface area contributed by atoms with Crippen LogP contribution >= 0.6 is 0 Å². The van der Waals surface area contributed by atoms with Crippen molar-refractivity contribution < 1.29 is 9.72 Å². The molecule has 1 N–H and O–H groups in total. The van der Waals surface area contributed by atoms with E-state index in [4.69, 9.17) is 0 Å². The van der Waals surface area contributed by atoms with Gasteiger partial charge in [0.15, 0.2) is 0 Å². The van der Waals surface area contributed by atoms with Crippen molar-refractivity contribution in [3.63, 3.8) is 0 Å². The molecule has 0 spiro atoms. The molecule has 144 valence electrons. The molecule has 0 aliphatic heterocycles.